The second kappa shape index (κ2) is 10.9. The molecule has 54 heavy (non-hydrogen) atoms. The first-order chi connectivity index (χ1) is 26.1. The fraction of sp³-hybridized carbons (Fsp3) is 0.160. The number of para-hydroxylation sites is 4. The van der Waals surface area contributed by atoms with E-state index < -0.39 is 0 Å². The molecule has 0 atom stereocenters. The van der Waals surface area contributed by atoms with Crippen molar-refractivity contribution < 1.29 is 0 Å². The molecule has 0 unspecified atom stereocenters. The Kier molecular flexibility index (Phi) is 6.42. The highest BCUT2D eigenvalue weighted by atomic mass is 15.0. The van der Waals surface area contributed by atoms with E-state index in [1.165, 1.54) is 98.9 Å². The van der Waals surface area contributed by atoms with E-state index in [1.54, 1.807) is 0 Å². The second-order valence-electron chi connectivity index (χ2n) is 17.8. The number of hydrogen-bond donors (Lipinski definition) is 0. The minimum Gasteiger partial charge on any atom is -0.310 e. The first-order valence-electron chi connectivity index (χ1n) is 19.5. The van der Waals surface area contributed by atoms with Crippen LogP contribution in [0, 0.1) is 0 Å². The van der Waals surface area contributed by atoms with Crippen LogP contribution < -0.4 is 32.8 Å². The van der Waals surface area contributed by atoms with Gasteiger partial charge in [0.2, 0.25) is 13.4 Å². The van der Waals surface area contributed by atoms with Gasteiger partial charge in [-0.3, -0.25) is 0 Å². The van der Waals surface area contributed by atoms with Crippen molar-refractivity contribution in [3.8, 4) is 11.4 Å². The maximum atomic E-state index is 2.61. The molecule has 2 aromatic heterocycles. The lowest BCUT2D eigenvalue weighted by Gasteiger charge is -2.33. The van der Waals surface area contributed by atoms with Gasteiger partial charge in [0.1, 0.15) is 0 Å². The van der Waals surface area contributed by atoms with Crippen molar-refractivity contribution >= 4 is 89.8 Å². The van der Waals surface area contributed by atoms with Gasteiger partial charge in [-0.25, -0.2) is 0 Å². The van der Waals surface area contributed by atoms with Gasteiger partial charge in [0.25, 0.3) is 0 Å². The van der Waals surface area contributed by atoms with Gasteiger partial charge in [-0.1, -0.05) is 180 Å². The van der Waals surface area contributed by atoms with Crippen LogP contribution in [-0.4, -0.2) is 22.6 Å². The monoisotopic (exact) mass is 692 g/mol. The molecule has 0 saturated carbocycles. The lowest BCUT2D eigenvalue weighted by Crippen LogP contribution is -2.61. The normalized spacial score (nSPS) is 13.7. The topological polar surface area (TPSA) is 9.86 Å². The molecule has 0 spiro atoms. The molecule has 9 aromatic rings. The van der Waals surface area contributed by atoms with E-state index in [0.717, 1.165) is 0 Å². The van der Waals surface area contributed by atoms with Gasteiger partial charge in [-0.05, 0) is 62.0 Å². The standard InChI is InChI=1S/C50H42B2N2/c1-49(2,3)31-15-11-17-33(27-31)51-39-23-13-21-37-35-19-7-9-25-43(35)53(47(37)39)45-30-46-42(29-41(45)51)52(34-18-12-16-32(28-34)50(4,5)6)40-24-14-22-38-36-20-8-10-26-44(36)54(46)48(38)40/h7-30H,1-6H3. The Hall–Kier alpha value is -5.73. The van der Waals surface area contributed by atoms with E-state index in [2.05, 4.69) is 196 Å². The van der Waals surface area contributed by atoms with Gasteiger partial charge >= 0.3 is 0 Å². The van der Waals surface area contributed by atoms with Gasteiger partial charge in [-0.2, -0.15) is 0 Å². The summed E-state index contributed by atoms with van der Waals surface area (Å²) in [6, 6.07) is 55.9. The van der Waals surface area contributed by atoms with E-state index in [4.69, 9.17) is 0 Å². The summed E-state index contributed by atoms with van der Waals surface area (Å²) in [6.45, 7) is 14.1. The molecule has 0 amide bonds. The number of benzene rings is 7. The van der Waals surface area contributed by atoms with Crippen LogP contribution in [0.5, 0.6) is 0 Å². The Morgan fingerprint density at radius 3 is 1.22 bits per heavy atom. The predicted octanol–water partition coefficient (Wildman–Crippen LogP) is 8.14. The van der Waals surface area contributed by atoms with E-state index in [-0.39, 0.29) is 24.3 Å². The SMILES string of the molecule is CC(C)(C)c1cccc(B2c3cc4c(cc3-n3c5ccccc5c5cccc2c53)-n2c3ccccc3c3cccc(c32)B4c2cccc(C(C)(C)C)c2)c1. The van der Waals surface area contributed by atoms with Crippen LogP contribution in [0.2, 0.25) is 0 Å². The summed E-state index contributed by atoms with van der Waals surface area (Å²) in [5, 5.41) is 5.25. The molecular formula is C50H42B2N2. The minimum absolute atomic E-state index is 0.0397. The van der Waals surface area contributed by atoms with Crippen LogP contribution in [0.4, 0.5) is 0 Å². The fourth-order valence-electron chi connectivity index (χ4n) is 9.94. The second-order valence-corrected chi connectivity index (χ2v) is 17.8. The predicted molar refractivity (Wildman–Crippen MR) is 235 cm³/mol. The largest absolute Gasteiger partial charge is 0.310 e. The third kappa shape index (κ3) is 4.31. The molecule has 0 radical (unpaired) electrons. The lowest BCUT2D eigenvalue weighted by atomic mass is 9.32. The molecule has 2 nitrogen and oxygen atoms in total. The Labute approximate surface area is 318 Å². The average molecular weight is 693 g/mol. The highest BCUT2D eigenvalue weighted by Crippen LogP contribution is 2.37. The number of nitrogens with zero attached hydrogens (tertiary/aromatic N) is 2. The molecule has 0 N–H and O–H groups in total. The number of hydrogen-bond acceptors (Lipinski definition) is 0. The number of rotatable bonds is 2. The highest BCUT2D eigenvalue weighted by Gasteiger charge is 2.39. The zero-order valence-electron chi connectivity index (χ0n) is 31.9. The molecule has 11 rings (SSSR count). The van der Waals surface area contributed by atoms with E-state index >= 15 is 0 Å². The van der Waals surface area contributed by atoms with Crippen molar-refractivity contribution in [2.75, 3.05) is 0 Å². The van der Waals surface area contributed by atoms with E-state index in [1.807, 2.05) is 0 Å². The van der Waals surface area contributed by atoms with Gasteiger partial charge in [0.15, 0.2) is 0 Å². The molecule has 0 fully saturated rings. The van der Waals surface area contributed by atoms with Gasteiger partial charge in [0, 0.05) is 44.0 Å². The maximum absolute atomic E-state index is 2.61. The van der Waals surface area contributed by atoms with Crippen LogP contribution in [0.25, 0.3) is 55.0 Å². The zero-order valence-corrected chi connectivity index (χ0v) is 31.9. The summed E-state index contributed by atoms with van der Waals surface area (Å²) in [7, 11) is 0. The van der Waals surface area contributed by atoms with Gasteiger partial charge < -0.3 is 9.13 Å². The minimum atomic E-state index is 0.0397. The third-order valence-corrected chi connectivity index (χ3v) is 12.5. The zero-order chi connectivity index (χ0) is 36.7. The van der Waals surface area contributed by atoms with Gasteiger partial charge in [-0.15, -0.1) is 0 Å². The van der Waals surface area contributed by atoms with E-state index in [9.17, 15) is 0 Å². The summed E-state index contributed by atoms with van der Waals surface area (Å²) >= 11 is 0. The summed E-state index contributed by atoms with van der Waals surface area (Å²) < 4.78 is 5.16. The first-order valence-corrected chi connectivity index (χ1v) is 19.5. The molecule has 0 aliphatic carbocycles. The summed E-state index contributed by atoms with van der Waals surface area (Å²) in [5.41, 5.74) is 18.7. The van der Waals surface area contributed by atoms with Crippen molar-refractivity contribution in [2.45, 2.75) is 52.4 Å². The van der Waals surface area contributed by atoms with Crippen molar-refractivity contribution in [1.29, 1.82) is 0 Å². The Morgan fingerprint density at radius 2 is 0.778 bits per heavy atom. The molecule has 4 heteroatoms. The molecular weight excluding hydrogens is 650 g/mol. The molecule has 258 valence electrons. The molecule has 0 saturated heterocycles. The summed E-state index contributed by atoms with van der Waals surface area (Å²) in [4.78, 5) is 0. The summed E-state index contributed by atoms with van der Waals surface area (Å²) in [5.74, 6) is 0. The van der Waals surface area contributed by atoms with Crippen LogP contribution >= 0.6 is 0 Å². The van der Waals surface area contributed by atoms with Crippen molar-refractivity contribution in [3.63, 3.8) is 0 Å². The number of aromatic nitrogens is 2. The quantitative estimate of drug-likeness (QED) is 0.162. The van der Waals surface area contributed by atoms with Crippen LogP contribution in [0.3, 0.4) is 0 Å². The Bertz CT molecular complexity index is 2830. The fourth-order valence-corrected chi connectivity index (χ4v) is 9.94. The smallest absolute Gasteiger partial charge is 0.246 e. The van der Waals surface area contributed by atoms with Crippen molar-refractivity contribution in [2.24, 2.45) is 0 Å². The van der Waals surface area contributed by atoms with Crippen LogP contribution in [-0.2, 0) is 10.8 Å². The molecule has 4 heterocycles. The lowest BCUT2D eigenvalue weighted by molar-refractivity contribution is 0.590. The summed E-state index contributed by atoms with van der Waals surface area (Å²) in [6.07, 6.45) is 0. The first kappa shape index (κ1) is 31.8. The average Bonchev–Trinajstić information content (AvgIpc) is 3.69. The van der Waals surface area contributed by atoms with Gasteiger partial charge in [0.05, 0.1) is 11.0 Å². The third-order valence-electron chi connectivity index (χ3n) is 12.5. The Morgan fingerprint density at radius 1 is 0.370 bits per heavy atom. The Balaban J connectivity index is 1.31. The molecule has 2 aliphatic rings. The molecule has 0 bridgehead atoms. The van der Waals surface area contributed by atoms with Crippen LogP contribution in [0.1, 0.15) is 52.7 Å². The van der Waals surface area contributed by atoms with Crippen LogP contribution in [0.15, 0.2) is 146 Å². The van der Waals surface area contributed by atoms with E-state index in [0.29, 0.717) is 0 Å². The van der Waals surface area contributed by atoms with Crippen molar-refractivity contribution in [1.82, 2.24) is 9.13 Å². The number of fused-ring (bicyclic) bond motifs is 10. The highest BCUT2D eigenvalue weighted by molar-refractivity contribution is 7.00. The van der Waals surface area contributed by atoms with Crippen molar-refractivity contribution in [3.05, 3.63) is 157 Å². The molecule has 2 aliphatic heterocycles. The maximum Gasteiger partial charge on any atom is 0.246 e. The molecule has 7 aromatic carbocycles.